The van der Waals surface area contributed by atoms with Gasteiger partial charge in [-0.2, -0.15) is 0 Å². The number of aromatic nitrogens is 2. The highest BCUT2D eigenvalue weighted by atomic mass is 35.5. The van der Waals surface area contributed by atoms with Gasteiger partial charge in [0, 0.05) is 22.9 Å². The summed E-state index contributed by atoms with van der Waals surface area (Å²) in [6.07, 6.45) is 2.40. The second kappa shape index (κ2) is 6.24. The molecule has 1 aromatic carbocycles. The van der Waals surface area contributed by atoms with Gasteiger partial charge in [0.2, 0.25) is 0 Å². The second-order valence-corrected chi connectivity index (χ2v) is 6.64. The number of anilines is 1. The molecule has 0 aliphatic heterocycles. The predicted molar refractivity (Wildman–Crippen MR) is 88.5 cm³/mol. The van der Waals surface area contributed by atoms with Crippen molar-refractivity contribution in [1.82, 2.24) is 9.97 Å². The zero-order chi connectivity index (χ0) is 14.8. The summed E-state index contributed by atoms with van der Waals surface area (Å²) in [6.45, 7) is 5.01. The van der Waals surface area contributed by atoms with Crippen LogP contribution in [0, 0.1) is 6.92 Å². The van der Waals surface area contributed by atoms with Crippen LogP contribution in [0.2, 0.25) is 5.02 Å². The lowest BCUT2D eigenvalue weighted by Crippen LogP contribution is -2.07. The smallest absolute Gasteiger partial charge is 0.135 e. The summed E-state index contributed by atoms with van der Waals surface area (Å²) in [5.41, 5.74) is 1.09. The van der Waals surface area contributed by atoms with E-state index in [-0.39, 0.29) is 0 Å². The van der Waals surface area contributed by atoms with Gasteiger partial charge in [0.25, 0.3) is 0 Å². The minimum absolute atomic E-state index is 0.536. The normalized spacial score (nSPS) is 14.2. The van der Waals surface area contributed by atoms with Gasteiger partial charge in [-0.25, -0.2) is 9.97 Å². The zero-order valence-electron chi connectivity index (χ0n) is 12.2. The van der Waals surface area contributed by atoms with Crippen molar-refractivity contribution >= 4 is 29.2 Å². The first-order chi connectivity index (χ1) is 10.2. The fourth-order valence-electron chi connectivity index (χ4n) is 2.11. The maximum absolute atomic E-state index is 6.26. The number of nitrogens with zero attached hydrogens (tertiary/aromatic N) is 2. The van der Waals surface area contributed by atoms with E-state index >= 15 is 0 Å². The molecule has 0 amide bonds. The van der Waals surface area contributed by atoms with Gasteiger partial charge in [0.1, 0.15) is 16.7 Å². The molecule has 110 valence electrons. The van der Waals surface area contributed by atoms with Crippen LogP contribution in [-0.2, 0) is 0 Å². The van der Waals surface area contributed by atoms with Gasteiger partial charge in [-0.3, -0.25) is 0 Å². The molecule has 3 rings (SSSR count). The van der Waals surface area contributed by atoms with E-state index in [9.17, 15) is 0 Å². The third-order valence-electron chi connectivity index (χ3n) is 3.45. The third kappa shape index (κ3) is 3.33. The topological polar surface area (TPSA) is 37.8 Å². The quantitative estimate of drug-likeness (QED) is 0.795. The van der Waals surface area contributed by atoms with Crippen molar-refractivity contribution in [2.24, 2.45) is 0 Å². The molecule has 5 heteroatoms. The number of halogens is 1. The Morgan fingerprint density at radius 2 is 2.05 bits per heavy atom. The Bertz CT molecular complexity index is 656. The van der Waals surface area contributed by atoms with Gasteiger partial charge >= 0.3 is 0 Å². The van der Waals surface area contributed by atoms with Crippen LogP contribution in [0.25, 0.3) is 0 Å². The second-order valence-electron chi connectivity index (χ2n) is 5.20. The minimum atomic E-state index is 0.536. The lowest BCUT2D eigenvalue weighted by Gasteiger charge is -2.13. The third-order valence-corrected chi connectivity index (χ3v) is 5.06. The van der Waals surface area contributed by atoms with Crippen LogP contribution < -0.4 is 5.32 Å². The first kappa shape index (κ1) is 14.7. The summed E-state index contributed by atoms with van der Waals surface area (Å²) in [5.74, 6) is 2.45. The molecule has 0 unspecified atom stereocenters. The summed E-state index contributed by atoms with van der Waals surface area (Å²) in [7, 11) is 0. The molecule has 3 nitrogen and oxygen atoms in total. The Kier molecular flexibility index (Phi) is 4.36. The maximum atomic E-state index is 6.26. The van der Waals surface area contributed by atoms with Crippen molar-refractivity contribution in [2.45, 2.75) is 42.5 Å². The highest BCUT2D eigenvalue weighted by Crippen LogP contribution is 2.41. The molecule has 0 radical (unpaired) electrons. The molecule has 1 heterocycles. The molecule has 2 aromatic rings. The van der Waals surface area contributed by atoms with Crippen LogP contribution in [0.15, 0.2) is 34.2 Å². The number of nitrogens with one attached hydrogen (secondary N) is 1. The average Bonchev–Trinajstić information content (AvgIpc) is 3.30. The van der Waals surface area contributed by atoms with E-state index in [1.807, 2.05) is 24.3 Å². The molecule has 1 fully saturated rings. The Balaban J connectivity index is 1.98. The van der Waals surface area contributed by atoms with Gasteiger partial charge in [-0.05, 0) is 38.8 Å². The maximum Gasteiger partial charge on any atom is 0.135 e. The number of rotatable bonds is 5. The molecule has 1 aliphatic rings. The van der Waals surface area contributed by atoms with E-state index < -0.39 is 0 Å². The molecular weight excluding hydrogens is 302 g/mol. The summed E-state index contributed by atoms with van der Waals surface area (Å²) < 4.78 is 0. The van der Waals surface area contributed by atoms with Gasteiger partial charge in [-0.15, -0.1) is 0 Å². The van der Waals surface area contributed by atoms with Crippen LogP contribution in [0.3, 0.4) is 0 Å². The summed E-state index contributed by atoms with van der Waals surface area (Å²) in [6, 6.07) is 7.88. The molecule has 1 saturated carbocycles. The van der Waals surface area contributed by atoms with E-state index in [0.717, 1.165) is 38.7 Å². The number of hydrogen-bond donors (Lipinski definition) is 1. The Morgan fingerprint density at radius 1 is 1.29 bits per heavy atom. The van der Waals surface area contributed by atoms with Gasteiger partial charge in [0.05, 0.1) is 5.02 Å². The number of benzene rings is 1. The highest BCUT2D eigenvalue weighted by molar-refractivity contribution is 7.99. The summed E-state index contributed by atoms with van der Waals surface area (Å²) in [4.78, 5) is 10.5. The van der Waals surface area contributed by atoms with Crippen molar-refractivity contribution in [3.8, 4) is 0 Å². The largest absolute Gasteiger partial charge is 0.370 e. The molecule has 1 aromatic heterocycles. The molecule has 0 saturated heterocycles. The van der Waals surface area contributed by atoms with Gasteiger partial charge in [-0.1, -0.05) is 35.5 Å². The van der Waals surface area contributed by atoms with Gasteiger partial charge in [0.15, 0.2) is 0 Å². The Morgan fingerprint density at radius 3 is 2.71 bits per heavy atom. The van der Waals surface area contributed by atoms with Crippen molar-refractivity contribution in [3.63, 3.8) is 0 Å². The van der Waals surface area contributed by atoms with E-state index in [1.165, 1.54) is 12.8 Å². The van der Waals surface area contributed by atoms with Crippen LogP contribution in [0.5, 0.6) is 0 Å². The van der Waals surface area contributed by atoms with Crippen LogP contribution in [-0.4, -0.2) is 16.5 Å². The fourth-order valence-corrected chi connectivity index (χ4v) is 3.27. The average molecular weight is 320 g/mol. The SMILES string of the molecule is CCNc1nc(C2CC2)nc(Sc2ccccc2Cl)c1C. The van der Waals surface area contributed by atoms with Crippen LogP contribution in [0.1, 0.15) is 37.1 Å². The first-order valence-electron chi connectivity index (χ1n) is 7.23. The number of hydrogen-bond acceptors (Lipinski definition) is 4. The Labute approximate surface area is 134 Å². The van der Waals surface area contributed by atoms with Crippen LogP contribution in [0.4, 0.5) is 5.82 Å². The summed E-state index contributed by atoms with van der Waals surface area (Å²) in [5, 5.41) is 5.10. The minimum Gasteiger partial charge on any atom is -0.370 e. The Hall–Kier alpha value is -1.26. The van der Waals surface area contributed by atoms with Crippen molar-refractivity contribution < 1.29 is 0 Å². The first-order valence-corrected chi connectivity index (χ1v) is 8.43. The molecule has 0 atom stereocenters. The predicted octanol–water partition coefficient (Wildman–Crippen LogP) is 4.90. The molecule has 21 heavy (non-hydrogen) atoms. The fraction of sp³-hybridized carbons (Fsp3) is 0.375. The van der Waals surface area contributed by atoms with E-state index in [2.05, 4.69) is 24.1 Å². The van der Waals surface area contributed by atoms with E-state index in [1.54, 1.807) is 11.8 Å². The van der Waals surface area contributed by atoms with Crippen molar-refractivity contribution in [1.29, 1.82) is 0 Å². The monoisotopic (exact) mass is 319 g/mol. The van der Waals surface area contributed by atoms with Crippen LogP contribution >= 0.6 is 23.4 Å². The molecule has 1 aliphatic carbocycles. The highest BCUT2D eigenvalue weighted by Gasteiger charge is 2.28. The lowest BCUT2D eigenvalue weighted by molar-refractivity contribution is 0.861. The zero-order valence-corrected chi connectivity index (χ0v) is 13.8. The van der Waals surface area contributed by atoms with Gasteiger partial charge < -0.3 is 5.32 Å². The summed E-state index contributed by atoms with van der Waals surface area (Å²) >= 11 is 7.88. The van der Waals surface area contributed by atoms with Crippen molar-refractivity contribution in [3.05, 3.63) is 40.7 Å². The standard InChI is InChI=1S/C16H18ClN3S/c1-3-18-14-10(2)16(20-15(19-14)11-8-9-11)21-13-7-5-4-6-12(13)17/h4-7,11H,3,8-9H2,1-2H3,(H,18,19,20). The molecule has 1 N–H and O–H groups in total. The molecule has 0 bridgehead atoms. The molecule has 0 spiro atoms. The van der Waals surface area contributed by atoms with E-state index in [4.69, 9.17) is 16.6 Å². The molecular formula is C16H18ClN3S. The van der Waals surface area contributed by atoms with E-state index in [0.29, 0.717) is 5.92 Å². The lowest BCUT2D eigenvalue weighted by atomic mass is 10.3. The van der Waals surface area contributed by atoms with Crippen molar-refractivity contribution in [2.75, 3.05) is 11.9 Å².